The number of carbonyl (C=O) groups excluding carboxylic acids is 1. The van der Waals surface area contributed by atoms with Crippen LogP contribution in [-0.2, 0) is 11.3 Å². The van der Waals surface area contributed by atoms with Crippen LogP contribution in [0.2, 0.25) is 0 Å². The maximum absolute atomic E-state index is 12.1. The van der Waals surface area contributed by atoms with Gasteiger partial charge in [-0.05, 0) is 61.9 Å². The molecule has 7 heteroatoms. The van der Waals surface area contributed by atoms with Crippen LogP contribution >= 0.6 is 0 Å². The van der Waals surface area contributed by atoms with Crippen LogP contribution < -0.4 is 14.2 Å². The van der Waals surface area contributed by atoms with E-state index >= 15 is 0 Å². The number of methoxy groups -OCH3 is 1. The van der Waals surface area contributed by atoms with E-state index in [1.54, 1.807) is 7.11 Å². The summed E-state index contributed by atoms with van der Waals surface area (Å²) >= 11 is 0. The molecule has 1 fully saturated rings. The second kappa shape index (κ2) is 11.6. The molecule has 168 valence electrons. The summed E-state index contributed by atoms with van der Waals surface area (Å²) in [7, 11) is 3.57. The number of hydrogen-bond donors (Lipinski definition) is 1. The summed E-state index contributed by atoms with van der Waals surface area (Å²) in [5.41, 5.74) is 1.10. The average Bonchev–Trinajstić information content (AvgIpc) is 3.32. The molecule has 2 aromatic carbocycles. The maximum Gasteiger partial charge on any atom is 0.260 e. The molecule has 3 rings (SSSR count). The molecule has 1 saturated heterocycles. The van der Waals surface area contributed by atoms with Crippen molar-refractivity contribution < 1.29 is 24.1 Å². The maximum atomic E-state index is 12.1. The topological polar surface area (TPSA) is 71.5 Å². The van der Waals surface area contributed by atoms with Gasteiger partial charge >= 0.3 is 0 Å². The fraction of sp³-hybridized carbons (Fsp3) is 0.458. The summed E-state index contributed by atoms with van der Waals surface area (Å²) < 4.78 is 16.4. The summed E-state index contributed by atoms with van der Waals surface area (Å²) in [6.45, 7) is 3.15. The summed E-state index contributed by atoms with van der Waals surface area (Å²) in [5.74, 6) is 2.20. The van der Waals surface area contributed by atoms with Crippen molar-refractivity contribution in [1.29, 1.82) is 0 Å². The Kier molecular flexibility index (Phi) is 8.55. The van der Waals surface area contributed by atoms with E-state index in [-0.39, 0.29) is 19.1 Å². The molecule has 0 aromatic heterocycles. The minimum absolute atomic E-state index is 0.0483. The molecule has 1 heterocycles. The van der Waals surface area contributed by atoms with Crippen molar-refractivity contribution in [3.63, 3.8) is 0 Å². The monoisotopic (exact) mass is 428 g/mol. The van der Waals surface area contributed by atoms with Crippen LogP contribution in [0, 0.1) is 0 Å². The first-order valence-corrected chi connectivity index (χ1v) is 10.7. The lowest BCUT2D eigenvalue weighted by Crippen LogP contribution is -2.32. The van der Waals surface area contributed by atoms with Gasteiger partial charge in [-0.1, -0.05) is 12.1 Å². The highest BCUT2D eigenvalue weighted by atomic mass is 16.5. The van der Waals surface area contributed by atoms with Gasteiger partial charge in [0.05, 0.1) is 7.11 Å². The molecule has 0 saturated carbocycles. The lowest BCUT2D eigenvalue weighted by molar-refractivity contribution is -0.132. The van der Waals surface area contributed by atoms with Crippen molar-refractivity contribution >= 4 is 5.91 Å². The van der Waals surface area contributed by atoms with Crippen LogP contribution in [-0.4, -0.2) is 73.9 Å². The molecule has 1 atom stereocenters. The fourth-order valence-electron chi connectivity index (χ4n) is 3.55. The Morgan fingerprint density at radius 2 is 1.58 bits per heavy atom. The highest BCUT2D eigenvalue weighted by molar-refractivity contribution is 5.78. The molecule has 1 aliphatic heterocycles. The molecule has 0 bridgehead atoms. The van der Waals surface area contributed by atoms with Crippen molar-refractivity contribution in [3.05, 3.63) is 54.1 Å². The summed E-state index contributed by atoms with van der Waals surface area (Å²) in [6, 6.07) is 15.0. The van der Waals surface area contributed by atoms with Crippen LogP contribution in [0.15, 0.2) is 48.5 Å². The first kappa shape index (κ1) is 22.9. The molecule has 0 unspecified atom stereocenters. The van der Waals surface area contributed by atoms with E-state index in [0.29, 0.717) is 24.6 Å². The zero-order valence-electron chi connectivity index (χ0n) is 18.3. The molecule has 2 aromatic rings. The van der Waals surface area contributed by atoms with Gasteiger partial charge in [-0.2, -0.15) is 0 Å². The van der Waals surface area contributed by atoms with Gasteiger partial charge in [0.25, 0.3) is 5.91 Å². The smallest absolute Gasteiger partial charge is 0.260 e. The van der Waals surface area contributed by atoms with Gasteiger partial charge < -0.3 is 24.2 Å². The van der Waals surface area contributed by atoms with Crippen molar-refractivity contribution in [2.75, 3.05) is 47.0 Å². The third kappa shape index (κ3) is 7.45. The standard InChI is InChI=1S/C24H32N2O5/c1-25(16-20(27)17-30-23-11-9-21(29-2)10-12-23)15-19-5-7-22(8-6-19)31-18-24(28)26-13-3-4-14-26/h5-12,20,27H,3-4,13-18H2,1-2H3/t20-/m0/s1. The average molecular weight is 429 g/mol. The largest absolute Gasteiger partial charge is 0.497 e. The number of aliphatic hydroxyl groups excluding tert-OH is 1. The second-order valence-electron chi connectivity index (χ2n) is 7.86. The molecule has 1 amide bonds. The lowest BCUT2D eigenvalue weighted by atomic mass is 10.2. The van der Waals surface area contributed by atoms with Gasteiger partial charge in [-0.15, -0.1) is 0 Å². The summed E-state index contributed by atoms with van der Waals surface area (Å²) in [6.07, 6.45) is 1.55. The minimum Gasteiger partial charge on any atom is -0.497 e. The summed E-state index contributed by atoms with van der Waals surface area (Å²) in [5, 5.41) is 10.3. The molecule has 0 aliphatic carbocycles. The Hall–Kier alpha value is -2.77. The third-order valence-corrected chi connectivity index (χ3v) is 5.22. The van der Waals surface area contributed by atoms with E-state index in [0.717, 1.165) is 37.2 Å². The fourth-order valence-corrected chi connectivity index (χ4v) is 3.55. The van der Waals surface area contributed by atoms with E-state index in [1.165, 1.54) is 0 Å². The molecule has 0 radical (unpaired) electrons. The normalized spacial score (nSPS) is 14.5. The molecule has 1 N–H and O–H groups in total. The van der Waals surface area contributed by atoms with E-state index < -0.39 is 6.10 Å². The number of nitrogens with zero attached hydrogens (tertiary/aromatic N) is 2. The molecule has 1 aliphatic rings. The van der Waals surface area contributed by atoms with Gasteiger partial charge in [0.15, 0.2) is 6.61 Å². The predicted molar refractivity (Wildman–Crippen MR) is 119 cm³/mol. The van der Waals surface area contributed by atoms with E-state index in [2.05, 4.69) is 0 Å². The minimum atomic E-state index is -0.605. The SMILES string of the molecule is COc1ccc(OC[C@@H](O)CN(C)Cc2ccc(OCC(=O)N3CCCC3)cc2)cc1. The number of likely N-dealkylation sites (N-methyl/N-ethyl adjacent to an activating group) is 1. The Bertz CT molecular complexity index is 804. The van der Waals surface area contributed by atoms with Gasteiger partial charge in [0, 0.05) is 26.2 Å². The molecular formula is C24H32N2O5. The number of rotatable bonds is 11. The van der Waals surface area contributed by atoms with E-state index in [9.17, 15) is 9.90 Å². The molecule has 0 spiro atoms. The second-order valence-corrected chi connectivity index (χ2v) is 7.86. The van der Waals surface area contributed by atoms with Gasteiger partial charge in [0.1, 0.15) is 30.0 Å². The number of ether oxygens (including phenoxy) is 3. The van der Waals surface area contributed by atoms with Crippen LogP contribution in [0.5, 0.6) is 17.2 Å². The number of aliphatic hydroxyl groups is 1. The highest BCUT2D eigenvalue weighted by Crippen LogP contribution is 2.18. The van der Waals surface area contributed by atoms with Crippen LogP contribution in [0.4, 0.5) is 0 Å². The molecule has 7 nitrogen and oxygen atoms in total. The zero-order valence-corrected chi connectivity index (χ0v) is 18.3. The van der Waals surface area contributed by atoms with Crippen LogP contribution in [0.1, 0.15) is 18.4 Å². The highest BCUT2D eigenvalue weighted by Gasteiger charge is 2.18. The van der Waals surface area contributed by atoms with Crippen LogP contribution in [0.25, 0.3) is 0 Å². The van der Waals surface area contributed by atoms with Crippen LogP contribution in [0.3, 0.4) is 0 Å². The Morgan fingerprint density at radius 3 is 2.23 bits per heavy atom. The Labute approximate surface area is 184 Å². The lowest BCUT2D eigenvalue weighted by Gasteiger charge is -2.21. The first-order chi connectivity index (χ1) is 15.0. The zero-order chi connectivity index (χ0) is 22.1. The Balaban J connectivity index is 1.37. The number of likely N-dealkylation sites (tertiary alicyclic amines) is 1. The van der Waals surface area contributed by atoms with E-state index in [1.807, 2.05) is 65.4 Å². The number of hydrogen-bond acceptors (Lipinski definition) is 6. The number of benzene rings is 2. The molecular weight excluding hydrogens is 396 g/mol. The summed E-state index contributed by atoms with van der Waals surface area (Å²) in [4.78, 5) is 16.0. The van der Waals surface area contributed by atoms with Gasteiger partial charge in [-0.3, -0.25) is 9.69 Å². The predicted octanol–water partition coefficient (Wildman–Crippen LogP) is 2.57. The quantitative estimate of drug-likeness (QED) is 0.593. The molecule has 31 heavy (non-hydrogen) atoms. The first-order valence-electron chi connectivity index (χ1n) is 10.7. The van der Waals surface area contributed by atoms with Gasteiger partial charge in [0.2, 0.25) is 0 Å². The Morgan fingerprint density at radius 1 is 1.00 bits per heavy atom. The van der Waals surface area contributed by atoms with Crippen molar-refractivity contribution in [2.24, 2.45) is 0 Å². The van der Waals surface area contributed by atoms with Gasteiger partial charge in [-0.25, -0.2) is 0 Å². The number of amides is 1. The van der Waals surface area contributed by atoms with Crippen molar-refractivity contribution in [3.8, 4) is 17.2 Å². The number of carbonyl (C=O) groups is 1. The van der Waals surface area contributed by atoms with Crippen molar-refractivity contribution in [2.45, 2.75) is 25.5 Å². The third-order valence-electron chi connectivity index (χ3n) is 5.22. The van der Waals surface area contributed by atoms with Crippen molar-refractivity contribution in [1.82, 2.24) is 9.80 Å². The van der Waals surface area contributed by atoms with E-state index in [4.69, 9.17) is 14.2 Å².